The van der Waals surface area contributed by atoms with Gasteiger partial charge in [0, 0.05) is 35.9 Å². The maximum Gasteiger partial charge on any atom is 0.416 e. The summed E-state index contributed by atoms with van der Waals surface area (Å²) in [6.07, 6.45) is -0.480. The average Bonchev–Trinajstić information content (AvgIpc) is 3.43. The fourth-order valence-corrected chi connectivity index (χ4v) is 5.06. The number of benzene rings is 2. The van der Waals surface area contributed by atoms with Gasteiger partial charge in [0.2, 0.25) is 5.67 Å². The van der Waals surface area contributed by atoms with Gasteiger partial charge in [0.05, 0.1) is 12.1 Å². The van der Waals surface area contributed by atoms with Crippen LogP contribution in [-0.4, -0.2) is 32.9 Å². The Labute approximate surface area is 210 Å². The number of carbonyl (C=O) groups excluding carboxylic acids is 1. The SMILES string of the molecule is Cn1cnnc1[C@@](F)(CF)c1cccc(N2Cc3c(cc(CNC4(C)CCC4)cc3C(F)(F)F)C2=O)c1. The van der Waals surface area contributed by atoms with Crippen molar-refractivity contribution in [1.29, 1.82) is 0 Å². The molecule has 1 amide bonds. The molecule has 196 valence electrons. The highest BCUT2D eigenvalue weighted by atomic mass is 19.4. The van der Waals surface area contributed by atoms with E-state index in [2.05, 4.69) is 15.5 Å². The van der Waals surface area contributed by atoms with Crippen LogP contribution in [0.2, 0.25) is 0 Å². The van der Waals surface area contributed by atoms with E-state index in [1.165, 1.54) is 48.3 Å². The molecule has 1 aromatic heterocycles. The number of carbonyl (C=O) groups is 1. The lowest BCUT2D eigenvalue weighted by Gasteiger charge is -2.39. The Kier molecular flexibility index (Phi) is 6.09. The summed E-state index contributed by atoms with van der Waals surface area (Å²) in [5.74, 6) is -0.891. The number of aromatic nitrogens is 3. The third-order valence-electron chi connectivity index (χ3n) is 7.45. The zero-order valence-corrected chi connectivity index (χ0v) is 20.4. The molecular weight excluding hydrogens is 493 g/mol. The summed E-state index contributed by atoms with van der Waals surface area (Å²) in [5, 5.41) is 10.6. The van der Waals surface area contributed by atoms with Crippen LogP contribution in [0.25, 0.3) is 0 Å². The topological polar surface area (TPSA) is 63.1 Å². The van der Waals surface area contributed by atoms with Gasteiger partial charge < -0.3 is 14.8 Å². The molecule has 5 rings (SSSR count). The Morgan fingerprint density at radius 2 is 1.89 bits per heavy atom. The number of hydrogen-bond acceptors (Lipinski definition) is 4. The van der Waals surface area contributed by atoms with E-state index >= 15 is 4.39 Å². The minimum atomic E-state index is -4.66. The molecule has 37 heavy (non-hydrogen) atoms. The molecule has 3 aromatic rings. The third-order valence-corrected chi connectivity index (χ3v) is 7.45. The molecule has 1 N–H and O–H groups in total. The highest BCUT2D eigenvalue weighted by molar-refractivity contribution is 6.10. The zero-order valence-electron chi connectivity index (χ0n) is 20.4. The Morgan fingerprint density at radius 1 is 1.14 bits per heavy atom. The van der Waals surface area contributed by atoms with Gasteiger partial charge in [-0.05, 0) is 61.6 Å². The smallest absolute Gasteiger partial charge is 0.318 e. The lowest BCUT2D eigenvalue weighted by atomic mass is 9.78. The van der Waals surface area contributed by atoms with Crippen LogP contribution in [0.1, 0.15) is 64.6 Å². The van der Waals surface area contributed by atoms with Gasteiger partial charge in [-0.15, -0.1) is 10.2 Å². The summed E-state index contributed by atoms with van der Waals surface area (Å²) >= 11 is 0. The molecule has 0 radical (unpaired) electrons. The zero-order chi connectivity index (χ0) is 26.6. The molecule has 1 aliphatic heterocycles. The molecule has 2 aromatic carbocycles. The third kappa shape index (κ3) is 4.39. The van der Waals surface area contributed by atoms with E-state index in [0.717, 1.165) is 30.2 Å². The summed E-state index contributed by atoms with van der Waals surface area (Å²) in [6.45, 7) is 0.452. The second-order valence-electron chi connectivity index (χ2n) is 10.1. The number of hydrogen-bond donors (Lipinski definition) is 1. The van der Waals surface area contributed by atoms with Gasteiger partial charge in [0.1, 0.15) is 13.0 Å². The van der Waals surface area contributed by atoms with Crippen molar-refractivity contribution in [2.45, 2.75) is 56.7 Å². The van der Waals surface area contributed by atoms with Gasteiger partial charge in [0.15, 0.2) is 5.82 Å². The van der Waals surface area contributed by atoms with Gasteiger partial charge >= 0.3 is 6.18 Å². The van der Waals surface area contributed by atoms with E-state index in [4.69, 9.17) is 0 Å². The number of fused-ring (bicyclic) bond motifs is 1. The van der Waals surface area contributed by atoms with Crippen LogP contribution >= 0.6 is 0 Å². The molecule has 1 aliphatic carbocycles. The number of alkyl halides is 5. The Morgan fingerprint density at radius 3 is 2.49 bits per heavy atom. The van der Waals surface area contributed by atoms with E-state index in [1.54, 1.807) is 0 Å². The Hall–Kier alpha value is -3.34. The summed E-state index contributed by atoms with van der Waals surface area (Å²) < 4.78 is 73.2. The second kappa shape index (κ2) is 8.90. The average molecular weight is 520 g/mol. The van der Waals surface area contributed by atoms with Crippen molar-refractivity contribution in [3.05, 3.63) is 76.4 Å². The van der Waals surface area contributed by atoms with Crippen molar-refractivity contribution in [3.8, 4) is 0 Å². The standard InChI is InChI=1S/C26H26F5N5O/c1-24(7-4-8-24)32-12-16-9-19-20(21(10-16)26(29,30)31)13-36(22(19)37)18-6-3-5-17(11-18)25(28,14-27)23-34-33-15-35(23)2/h3,5-6,9-11,15,32H,4,7-8,12-14H2,1-2H3/t25-/m1/s1. The molecule has 1 saturated carbocycles. The van der Waals surface area contributed by atoms with Crippen LogP contribution in [0, 0.1) is 0 Å². The maximum absolute atomic E-state index is 15.8. The Balaban J connectivity index is 1.50. The van der Waals surface area contributed by atoms with Crippen LogP contribution in [0.15, 0.2) is 42.7 Å². The first kappa shape index (κ1) is 25.3. The predicted molar refractivity (Wildman–Crippen MR) is 126 cm³/mol. The molecule has 1 atom stereocenters. The van der Waals surface area contributed by atoms with Crippen molar-refractivity contribution in [2.24, 2.45) is 7.05 Å². The fourth-order valence-electron chi connectivity index (χ4n) is 5.06. The maximum atomic E-state index is 15.8. The van der Waals surface area contributed by atoms with Gasteiger partial charge in [-0.2, -0.15) is 13.2 Å². The Bertz CT molecular complexity index is 1350. The first-order chi connectivity index (χ1) is 17.4. The van der Waals surface area contributed by atoms with Crippen molar-refractivity contribution in [3.63, 3.8) is 0 Å². The second-order valence-corrected chi connectivity index (χ2v) is 10.1. The molecule has 11 heteroatoms. The number of anilines is 1. The molecule has 1 fully saturated rings. The number of amides is 1. The van der Waals surface area contributed by atoms with Crippen LogP contribution in [-0.2, 0) is 32.0 Å². The molecule has 2 heterocycles. The number of halogens is 5. The molecule has 2 aliphatic rings. The van der Waals surface area contributed by atoms with Crippen LogP contribution in [0.3, 0.4) is 0 Å². The molecule has 0 saturated heterocycles. The van der Waals surface area contributed by atoms with Crippen molar-refractivity contribution in [2.75, 3.05) is 11.6 Å². The first-order valence-electron chi connectivity index (χ1n) is 11.9. The van der Waals surface area contributed by atoms with E-state index in [0.29, 0.717) is 5.56 Å². The van der Waals surface area contributed by atoms with Gasteiger partial charge in [-0.3, -0.25) is 4.79 Å². The molecule has 0 bridgehead atoms. The summed E-state index contributed by atoms with van der Waals surface area (Å²) in [4.78, 5) is 14.5. The highest BCUT2D eigenvalue weighted by Gasteiger charge is 2.42. The predicted octanol–water partition coefficient (Wildman–Crippen LogP) is 5.21. The van der Waals surface area contributed by atoms with Crippen molar-refractivity contribution in [1.82, 2.24) is 20.1 Å². The number of rotatable bonds is 7. The van der Waals surface area contributed by atoms with Gasteiger partial charge in [-0.25, -0.2) is 8.78 Å². The molecule has 0 unspecified atom stereocenters. The van der Waals surface area contributed by atoms with Crippen LogP contribution in [0.4, 0.5) is 27.6 Å². The van der Waals surface area contributed by atoms with Gasteiger partial charge in [-0.1, -0.05) is 12.1 Å². The van der Waals surface area contributed by atoms with E-state index in [9.17, 15) is 22.4 Å². The van der Waals surface area contributed by atoms with Gasteiger partial charge in [0.25, 0.3) is 5.91 Å². The van der Waals surface area contributed by atoms with Crippen LogP contribution < -0.4 is 10.2 Å². The monoisotopic (exact) mass is 519 g/mol. The molecule has 6 nitrogen and oxygen atoms in total. The number of nitrogens with one attached hydrogen (secondary N) is 1. The van der Waals surface area contributed by atoms with E-state index in [1.807, 2.05) is 6.92 Å². The summed E-state index contributed by atoms with van der Waals surface area (Å²) in [6, 6.07) is 8.11. The quantitative estimate of drug-likeness (QED) is 0.436. The number of nitrogens with zero attached hydrogens (tertiary/aromatic N) is 4. The minimum absolute atomic E-state index is 0.0407. The fraction of sp³-hybridized carbons (Fsp3) is 0.423. The number of aryl methyl sites for hydroxylation is 1. The van der Waals surface area contributed by atoms with E-state index < -0.39 is 30.0 Å². The summed E-state index contributed by atoms with van der Waals surface area (Å²) in [5.41, 5.74) is -3.40. The first-order valence-corrected chi connectivity index (χ1v) is 11.9. The molecular formula is C26H26F5N5O. The summed E-state index contributed by atoms with van der Waals surface area (Å²) in [7, 11) is 1.47. The lowest BCUT2D eigenvalue weighted by Crippen LogP contribution is -2.47. The van der Waals surface area contributed by atoms with Crippen molar-refractivity contribution >= 4 is 11.6 Å². The van der Waals surface area contributed by atoms with Crippen molar-refractivity contribution < 1.29 is 26.7 Å². The molecule has 0 spiro atoms. The van der Waals surface area contributed by atoms with Crippen LogP contribution in [0.5, 0.6) is 0 Å². The van der Waals surface area contributed by atoms with E-state index in [-0.39, 0.29) is 46.8 Å². The highest BCUT2D eigenvalue weighted by Crippen LogP contribution is 2.41. The lowest BCUT2D eigenvalue weighted by molar-refractivity contribution is -0.138. The normalized spacial score (nSPS) is 18.5. The largest absolute Gasteiger partial charge is 0.416 e. The minimum Gasteiger partial charge on any atom is -0.318 e.